The number of nitrogens with zero attached hydrogens (tertiary/aromatic N) is 1. The highest BCUT2D eigenvalue weighted by Gasteiger charge is 2.48. The van der Waals surface area contributed by atoms with E-state index < -0.39 is 5.54 Å². The van der Waals surface area contributed by atoms with Gasteiger partial charge in [0.2, 0.25) is 11.8 Å². The molecule has 5 heteroatoms. The molecule has 1 heterocycles. The van der Waals surface area contributed by atoms with E-state index in [0.717, 1.165) is 23.9 Å². The molecule has 1 aliphatic carbocycles. The summed E-state index contributed by atoms with van der Waals surface area (Å²) in [5.74, 6) is -0.000149. The highest BCUT2D eigenvalue weighted by Crippen LogP contribution is 2.37. The third-order valence-electron chi connectivity index (χ3n) is 6.64. The van der Waals surface area contributed by atoms with Crippen molar-refractivity contribution in [3.63, 3.8) is 0 Å². The Labute approximate surface area is 196 Å². The summed E-state index contributed by atoms with van der Waals surface area (Å²) in [6.45, 7) is 6.51. The Morgan fingerprint density at radius 1 is 1.00 bits per heavy atom. The van der Waals surface area contributed by atoms with Crippen LogP contribution in [0.2, 0.25) is 0 Å². The maximum absolute atomic E-state index is 13.7. The molecule has 1 aliphatic rings. The fourth-order valence-electron chi connectivity index (χ4n) is 5.05. The zero-order valence-corrected chi connectivity index (χ0v) is 20.0. The molecule has 1 fully saturated rings. The molecule has 0 unspecified atom stereocenters. The number of amides is 2. The van der Waals surface area contributed by atoms with Crippen molar-refractivity contribution >= 4 is 22.7 Å². The molecule has 0 aliphatic heterocycles. The molecule has 5 nitrogen and oxygen atoms in total. The normalized spacial score (nSPS) is 15.5. The third-order valence-corrected chi connectivity index (χ3v) is 6.64. The minimum absolute atomic E-state index is 0.0204. The van der Waals surface area contributed by atoms with E-state index in [4.69, 9.17) is 0 Å². The van der Waals surface area contributed by atoms with Gasteiger partial charge in [-0.1, -0.05) is 61.4 Å². The van der Waals surface area contributed by atoms with Crippen molar-refractivity contribution in [1.82, 2.24) is 15.2 Å². The van der Waals surface area contributed by atoms with Crippen LogP contribution in [0.5, 0.6) is 0 Å². The van der Waals surface area contributed by atoms with Crippen LogP contribution in [0.25, 0.3) is 10.9 Å². The second kappa shape index (κ2) is 9.42. The third kappa shape index (κ3) is 5.13. The Balaban J connectivity index is 1.64. The van der Waals surface area contributed by atoms with E-state index in [-0.39, 0.29) is 17.4 Å². The first-order valence-electron chi connectivity index (χ1n) is 12.0. The number of fused-ring (bicyclic) bond motifs is 1. The topological polar surface area (TPSA) is 65.2 Å². The molecule has 3 aromatic rings. The molecule has 0 atom stereocenters. The molecule has 33 heavy (non-hydrogen) atoms. The number of carbonyl (C=O) groups excluding carboxylic acids is 2. The summed E-state index contributed by atoms with van der Waals surface area (Å²) in [5.41, 5.74) is 2.11. The van der Waals surface area contributed by atoms with Crippen molar-refractivity contribution in [2.24, 2.45) is 0 Å². The number of aromatic nitrogens is 1. The number of nitrogens with one attached hydrogen (secondary N) is 2. The van der Waals surface area contributed by atoms with Crippen molar-refractivity contribution in [3.05, 3.63) is 71.9 Å². The van der Waals surface area contributed by atoms with E-state index in [2.05, 4.69) is 22.4 Å². The highest BCUT2D eigenvalue weighted by atomic mass is 16.2. The Kier molecular flexibility index (Phi) is 6.59. The van der Waals surface area contributed by atoms with E-state index in [1.807, 2.05) is 74.3 Å². The Morgan fingerprint density at radius 3 is 2.36 bits per heavy atom. The summed E-state index contributed by atoms with van der Waals surface area (Å²) in [4.78, 5) is 32.6. The lowest BCUT2D eigenvalue weighted by Crippen LogP contribution is -2.62. The standard InChI is InChI=1S/C28H35N3O2/c1-27(2,3)30-26(33)28(16-9-10-17-28)31(25(32)19-21-11-5-4-6-12-21)18-15-22-20-29-24-14-8-7-13-23(22)24/h4-8,11-14,20,29H,9-10,15-19H2,1-3H3,(H,30,33). The summed E-state index contributed by atoms with van der Waals surface area (Å²) in [5, 5.41) is 4.36. The van der Waals surface area contributed by atoms with Crippen molar-refractivity contribution in [2.45, 2.75) is 70.4 Å². The lowest BCUT2D eigenvalue weighted by molar-refractivity contribution is -0.148. The summed E-state index contributed by atoms with van der Waals surface area (Å²) >= 11 is 0. The van der Waals surface area contributed by atoms with Gasteiger partial charge in [-0.2, -0.15) is 0 Å². The molecule has 2 amide bonds. The van der Waals surface area contributed by atoms with Gasteiger partial charge in [0.25, 0.3) is 0 Å². The van der Waals surface area contributed by atoms with Crippen LogP contribution in [0.3, 0.4) is 0 Å². The average Bonchev–Trinajstić information content (AvgIpc) is 3.42. The largest absolute Gasteiger partial charge is 0.361 e. The van der Waals surface area contributed by atoms with E-state index >= 15 is 0 Å². The predicted molar refractivity (Wildman–Crippen MR) is 133 cm³/mol. The number of hydrogen-bond donors (Lipinski definition) is 2. The Morgan fingerprint density at radius 2 is 1.67 bits per heavy atom. The van der Waals surface area contributed by atoms with Gasteiger partial charge < -0.3 is 15.2 Å². The van der Waals surface area contributed by atoms with E-state index in [9.17, 15) is 9.59 Å². The molecular weight excluding hydrogens is 410 g/mol. The lowest BCUT2D eigenvalue weighted by atomic mass is 9.90. The van der Waals surface area contributed by atoms with Crippen molar-refractivity contribution in [3.8, 4) is 0 Å². The van der Waals surface area contributed by atoms with E-state index in [0.29, 0.717) is 32.2 Å². The molecule has 1 saturated carbocycles. The zero-order chi connectivity index (χ0) is 23.5. The maximum Gasteiger partial charge on any atom is 0.246 e. The number of aromatic amines is 1. The van der Waals surface area contributed by atoms with Gasteiger partial charge in [-0.05, 0) is 57.2 Å². The predicted octanol–water partition coefficient (Wildman–Crippen LogP) is 5.01. The summed E-state index contributed by atoms with van der Waals surface area (Å²) < 4.78 is 0. The van der Waals surface area contributed by atoms with Crippen LogP contribution in [0, 0.1) is 0 Å². The Bertz CT molecular complexity index is 1100. The van der Waals surface area contributed by atoms with Gasteiger partial charge in [0.05, 0.1) is 6.42 Å². The first-order chi connectivity index (χ1) is 15.8. The van der Waals surface area contributed by atoms with Crippen LogP contribution >= 0.6 is 0 Å². The van der Waals surface area contributed by atoms with Crippen molar-refractivity contribution < 1.29 is 9.59 Å². The second-order valence-electron chi connectivity index (χ2n) is 10.3. The minimum atomic E-state index is -0.786. The lowest BCUT2D eigenvalue weighted by Gasteiger charge is -2.42. The van der Waals surface area contributed by atoms with Crippen LogP contribution in [0.4, 0.5) is 0 Å². The number of carbonyl (C=O) groups is 2. The molecular formula is C28H35N3O2. The smallest absolute Gasteiger partial charge is 0.246 e. The number of benzene rings is 2. The van der Waals surface area contributed by atoms with Crippen LogP contribution in [-0.2, 0) is 22.4 Å². The number of rotatable bonds is 7. The number of H-pyrrole nitrogens is 1. The minimum Gasteiger partial charge on any atom is -0.361 e. The summed E-state index contributed by atoms with van der Waals surface area (Å²) in [6, 6.07) is 18.0. The second-order valence-corrected chi connectivity index (χ2v) is 10.3. The fraction of sp³-hybridized carbons (Fsp3) is 0.429. The average molecular weight is 446 g/mol. The molecule has 4 rings (SSSR count). The molecule has 1 aromatic heterocycles. The molecule has 0 bridgehead atoms. The molecule has 0 saturated heterocycles. The number of para-hydroxylation sites is 1. The molecule has 174 valence electrons. The van der Waals surface area contributed by atoms with Gasteiger partial charge in [-0.25, -0.2) is 0 Å². The summed E-state index contributed by atoms with van der Waals surface area (Å²) in [6.07, 6.45) is 6.38. The van der Waals surface area contributed by atoms with Crippen LogP contribution in [0.1, 0.15) is 57.6 Å². The SMILES string of the molecule is CC(C)(C)NC(=O)C1(N(CCc2c[nH]c3ccccc23)C(=O)Cc2ccccc2)CCCC1. The van der Waals surface area contributed by atoms with E-state index in [1.165, 1.54) is 10.9 Å². The zero-order valence-electron chi connectivity index (χ0n) is 20.0. The highest BCUT2D eigenvalue weighted by molar-refractivity contribution is 5.93. The molecule has 2 aromatic carbocycles. The van der Waals surface area contributed by atoms with Crippen LogP contribution < -0.4 is 5.32 Å². The molecule has 0 spiro atoms. The Hall–Kier alpha value is -3.08. The summed E-state index contributed by atoms with van der Waals surface area (Å²) in [7, 11) is 0. The quantitative estimate of drug-likeness (QED) is 0.537. The van der Waals surface area contributed by atoms with Gasteiger partial charge in [-0.15, -0.1) is 0 Å². The van der Waals surface area contributed by atoms with Gasteiger partial charge in [0, 0.05) is 29.2 Å². The fourth-order valence-corrected chi connectivity index (χ4v) is 5.05. The van der Waals surface area contributed by atoms with Crippen LogP contribution in [-0.4, -0.2) is 39.3 Å². The first kappa shape index (κ1) is 23.1. The van der Waals surface area contributed by atoms with Gasteiger partial charge in [-0.3, -0.25) is 9.59 Å². The molecule has 0 radical (unpaired) electrons. The monoisotopic (exact) mass is 445 g/mol. The van der Waals surface area contributed by atoms with Gasteiger partial charge in [0.1, 0.15) is 5.54 Å². The number of hydrogen-bond acceptors (Lipinski definition) is 2. The molecule has 2 N–H and O–H groups in total. The first-order valence-corrected chi connectivity index (χ1v) is 12.0. The maximum atomic E-state index is 13.7. The van der Waals surface area contributed by atoms with Crippen LogP contribution in [0.15, 0.2) is 60.8 Å². The van der Waals surface area contributed by atoms with Gasteiger partial charge >= 0.3 is 0 Å². The van der Waals surface area contributed by atoms with Crippen molar-refractivity contribution in [1.29, 1.82) is 0 Å². The van der Waals surface area contributed by atoms with E-state index in [1.54, 1.807) is 0 Å². The van der Waals surface area contributed by atoms with Crippen molar-refractivity contribution in [2.75, 3.05) is 6.54 Å². The van der Waals surface area contributed by atoms with Gasteiger partial charge in [0.15, 0.2) is 0 Å².